The van der Waals surface area contributed by atoms with Crippen molar-refractivity contribution in [3.8, 4) is 0 Å². The minimum absolute atomic E-state index is 0.0904. The molecule has 0 aromatic heterocycles. The number of anilines is 1. The van der Waals surface area contributed by atoms with Gasteiger partial charge in [0.05, 0.1) is 10.6 Å². The molecule has 39 heavy (non-hydrogen) atoms. The Morgan fingerprint density at radius 3 is 2.31 bits per heavy atom. The number of nitrogens with zero attached hydrogens (tertiary/aromatic N) is 2. The van der Waals surface area contributed by atoms with Crippen LogP contribution in [0.5, 0.6) is 0 Å². The maximum atomic E-state index is 14.0. The van der Waals surface area contributed by atoms with Gasteiger partial charge in [-0.3, -0.25) is 13.9 Å². The molecule has 0 fully saturated rings. The first-order chi connectivity index (χ1) is 18.7. The van der Waals surface area contributed by atoms with Gasteiger partial charge in [0.15, 0.2) is 0 Å². The molecule has 9 heteroatoms. The lowest BCUT2D eigenvalue weighted by Gasteiger charge is -2.32. The predicted molar refractivity (Wildman–Crippen MR) is 159 cm³/mol. The molecule has 0 aliphatic heterocycles. The van der Waals surface area contributed by atoms with Gasteiger partial charge in [-0.2, -0.15) is 0 Å². The van der Waals surface area contributed by atoms with Crippen LogP contribution < -0.4 is 9.62 Å². The summed E-state index contributed by atoms with van der Waals surface area (Å²) in [4.78, 5) is 28.6. The fourth-order valence-electron chi connectivity index (χ4n) is 4.24. The Hall–Kier alpha value is -3.17. The molecule has 0 aliphatic carbocycles. The van der Waals surface area contributed by atoms with Crippen molar-refractivity contribution < 1.29 is 18.0 Å². The molecule has 3 aromatic rings. The first kappa shape index (κ1) is 30.4. The van der Waals surface area contributed by atoms with Crippen molar-refractivity contribution in [3.05, 3.63) is 94.5 Å². The summed E-state index contributed by atoms with van der Waals surface area (Å²) in [7, 11) is -4.08. The second-order valence-corrected chi connectivity index (χ2v) is 12.1. The van der Waals surface area contributed by atoms with Crippen LogP contribution in [-0.2, 0) is 32.6 Å². The number of para-hydroxylation sites is 1. The summed E-state index contributed by atoms with van der Waals surface area (Å²) in [5.74, 6) is -0.753. The van der Waals surface area contributed by atoms with Gasteiger partial charge in [0.2, 0.25) is 11.8 Å². The summed E-state index contributed by atoms with van der Waals surface area (Å²) in [5.41, 5.74) is 2.06. The van der Waals surface area contributed by atoms with E-state index in [2.05, 4.69) is 21.2 Å². The smallest absolute Gasteiger partial charge is 0.264 e. The van der Waals surface area contributed by atoms with Gasteiger partial charge in [-0.25, -0.2) is 8.42 Å². The van der Waals surface area contributed by atoms with Crippen molar-refractivity contribution in [2.24, 2.45) is 0 Å². The van der Waals surface area contributed by atoms with Crippen molar-refractivity contribution in [2.45, 2.75) is 57.5 Å². The van der Waals surface area contributed by atoms with Crippen LogP contribution in [0.3, 0.4) is 0 Å². The van der Waals surface area contributed by atoms with Crippen LogP contribution in [0.15, 0.2) is 88.2 Å². The van der Waals surface area contributed by atoms with E-state index in [0.717, 1.165) is 28.4 Å². The number of halogens is 1. The Morgan fingerprint density at radius 1 is 0.949 bits per heavy atom. The molecule has 3 rings (SSSR count). The number of rotatable bonds is 13. The Morgan fingerprint density at radius 2 is 1.64 bits per heavy atom. The predicted octanol–water partition coefficient (Wildman–Crippen LogP) is 5.54. The lowest BCUT2D eigenvalue weighted by atomic mass is 10.1. The number of carbonyl (C=O) groups excluding carboxylic acids is 2. The van der Waals surface area contributed by atoms with Gasteiger partial charge in [-0.15, -0.1) is 0 Å². The summed E-state index contributed by atoms with van der Waals surface area (Å²) in [5, 5.41) is 2.90. The van der Waals surface area contributed by atoms with Crippen LogP contribution in [-0.4, -0.2) is 44.3 Å². The molecule has 0 bridgehead atoms. The molecule has 3 aromatic carbocycles. The zero-order valence-corrected chi connectivity index (χ0v) is 25.0. The van der Waals surface area contributed by atoms with E-state index in [9.17, 15) is 18.0 Å². The third kappa shape index (κ3) is 7.92. The average molecular weight is 615 g/mol. The molecular formula is C30H36BrN3O4S. The van der Waals surface area contributed by atoms with Gasteiger partial charge in [0, 0.05) is 17.6 Å². The molecule has 2 amide bonds. The maximum Gasteiger partial charge on any atom is 0.264 e. The minimum atomic E-state index is -4.08. The van der Waals surface area contributed by atoms with E-state index < -0.39 is 28.5 Å². The van der Waals surface area contributed by atoms with Crippen LogP contribution in [0.25, 0.3) is 0 Å². The number of carbonyl (C=O) groups is 2. The molecule has 1 N–H and O–H groups in total. The number of amides is 2. The summed E-state index contributed by atoms with van der Waals surface area (Å²) in [6, 6.07) is 22.0. The monoisotopic (exact) mass is 613 g/mol. The highest BCUT2D eigenvalue weighted by Crippen LogP contribution is 2.28. The molecular weight excluding hydrogens is 578 g/mol. The molecule has 0 aliphatic rings. The summed E-state index contributed by atoms with van der Waals surface area (Å²) in [6.07, 6.45) is 2.34. The van der Waals surface area contributed by atoms with Crippen molar-refractivity contribution in [2.75, 3.05) is 17.4 Å². The zero-order chi connectivity index (χ0) is 28.4. The van der Waals surface area contributed by atoms with Crippen molar-refractivity contribution >= 4 is 43.5 Å². The lowest BCUT2D eigenvalue weighted by molar-refractivity contribution is -0.139. The van der Waals surface area contributed by atoms with Gasteiger partial charge >= 0.3 is 0 Å². The van der Waals surface area contributed by atoms with Gasteiger partial charge in [-0.1, -0.05) is 84.7 Å². The summed E-state index contributed by atoms with van der Waals surface area (Å²) < 4.78 is 29.8. The Kier molecular flexibility index (Phi) is 11.1. The first-order valence-electron chi connectivity index (χ1n) is 13.2. The number of benzene rings is 3. The summed E-state index contributed by atoms with van der Waals surface area (Å²) >= 11 is 3.47. The second-order valence-electron chi connectivity index (χ2n) is 9.28. The molecule has 0 saturated carbocycles. The second kappa shape index (κ2) is 14.3. The Bertz CT molecular complexity index is 1370. The molecule has 7 nitrogen and oxygen atoms in total. The third-order valence-electron chi connectivity index (χ3n) is 6.49. The zero-order valence-electron chi connectivity index (χ0n) is 22.6. The van der Waals surface area contributed by atoms with Gasteiger partial charge in [0.1, 0.15) is 12.6 Å². The third-order valence-corrected chi connectivity index (χ3v) is 8.76. The van der Waals surface area contributed by atoms with Gasteiger partial charge in [0.25, 0.3) is 10.0 Å². The van der Waals surface area contributed by atoms with E-state index in [1.165, 1.54) is 21.3 Å². The van der Waals surface area contributed by atoms with Crippen molar-refractivity contribution in [3.63, 3.8) is 0 Å². The maximum absolute atomic E-state index is 14.0. The number of hydrogen-bond acceptors (Lipinski definition) is 4. The first-order valence-corrected chi connectivity index (χ1v) is 15.4. The van der Waals surface area contributed by atoms with Crippen LogP contribution in [0.2, 0.25) is 0 Å². The molecule has 0 spiro atoms. The van der Waals surface area contributed by atoms with E-state index >= 15 is 0 Å². The fraction of sp³-hybridized carbons (Fsp3) is 0.333. The molecule has 0 unspecified atom stereocenters. The molecule has 0 heterocycles. The van der Waals surface area contributed by atoms with Crippen molar-refractivity contribution in [1.82, 2.24) is 10.2 Å². The fourth-order valence-corrected chi connectivity index (χ4v) is 6.16. The largest absolute Gasteiger partial charge is 0.354 e. The SMILES string of the molecule is CCCCNC(=O)[C@@H](C)N(Cc1cccc(Br)c1)C(=O)CN(c1ccccc1CC)S(=O)(=O)c1ccccc1. The molecule has 0 radical (unpaired) electrons. The van der Waals surface area contributed by atoms with Gasteiger partial charge < -0.3 is 10.2 Å². The quantitative estimate of drug-likeness (QED) is 0.256. The normalized spacial score (nSPS) is 12.0. The number of sulfonamides is 1. The van der Waals surface area contributed by atoms with Crippen LogP contribution >= 0.6 is 15.9 Å². The molecule has 208 valence electrons. The van der Waals surface area contributed by atoms with Crippen LogP contribution in [0.4, 0.5) is 5.69 Å². The molecule has 1 atom stereocenters. The standard InChI is InChI=1S/C30H36BrN3O4S/c1-4-6-19-32-30(36)23(3)33(21-24-13-12-15-26(31)20-24)29(35)22-34(28-18-11-10-14-25(28)5-2)39(37,38)27-16-8-7-9-17-27/h7-18,20,23H,4-6,19,21-22H2,1-3H3,(H,32,36)/t23-/m1/s1. The topological polar surface area (TPSA) is 86.8 Å². The van der Waals surface area contributed by atoms with Crippen LogP contribution in [0, 0.1) is 0 Å². The highest BCUT2D eigenvalue weighted by atomic mass is 79.9. The Labute approximate surface area is 240 Å². The lowest BCUT2D eigenvalue weighted by Crippen LogP contribution is -2.51. The van der Waals surface area contributed by atoms with E-state index in [1.807, 2.05) is 50.2 Å². The number of aryl methyl sites for hydroxylation is 1. The highest BCUT2D eigenvalue weighted by Gasteiger charge is 2.33. The molecule has 0 saturated heterocycles. The van der Waals surface area contributed by atoms with E-state index in [4.69, 9.17) is 0 Å². The number of hydrogen-bond donors (Lipinski definition) is 1. The average Bonchev–Trinajstić information content (AvgIpc) is 2.94. The van der Waals surface area contributed by atoms with Gasteiger partial charge in [-0.05, 0) is 61.2 Å². The number of nitrogens with one attached hydrogen (secondary N) is 1. The van der Waals surface area contributed by atoms with E-state index in [0.29, 0.717) is 18.7 Å². The van der Waals surface area contributed by atoms with E-state index in [-0.39, 0.29) is 17.3 Å². The highest BCUT2D eigenvalue weighted by molar-refractivity contribution is 9.10. The van der Waals surface area contributed by atoms with Crippen LogP contribution in [0.1, 0.15) is 44.7 Å². The van der Waals surface area contributed by atoms with E-state index in [1.54, 1.807) is 37.3 Å². The minimum Gasteiger partial charge on any atom is -0.354 e. The summed E-state index contributed by atoms with van der Waals surface area (Å²) in [6.45, 7) is 5.86. The Balaban J connectivity index is 2.02. The van der Waals surface area contributed by atoms with Crippen molar-refractivity contribution in [1.29, 1.82) is 0 Å². The number of unbranched alkanes of at least 4 members (excludes halogenated alkanes) is 1.